The lowest BCUT2D eigenvalue weighted by atomic mass is 10.1. The standard InChI is InChI=1S/C11H15NO2S/c13-11(14)10-6-4-8(12-10)3-5-9-2-1-7-15-9/h1-2,7-8,10,12H,3-6H2,(H,13,14). The smallest absolute Gasteiger partial charge is 0.320 e. The predicted molar refractivity (Wildman–Crippen MR) is 60.2 cm³/mol. The van der Waals surface area contributed by atoms with Gasteiger partial charge in [0.05, 0.1) is 0 Å². The summed E-state index contributed by atoms with van der Waals surface area (Å²) in [6.45, 7) is 0. The van der Waals surface area contributed by atoms with Gasteiger partial charge in [0, 0.05) is 10.9 Å². The van der Waals surface area contributed by atoms with Gasteiger partial charge in [-0.2, -0.15) is 0 Å². The molecule has 1 aromatic heterocycles. The fourth-order valence-corrected chi connectivity index (χ4v) is 2.74. The number of carboxylic acid groups (broad SMARTS) is 1. The van der Waals surface area contributed by atoms with Crippen LogP contribution in [0.3, 0.4) is 0 Å². The first-order chi connectivity index (χ1) is 7.25. The number of hydrogen-bond acceptors (Lipinski definition) is 3. The van der Waals surface area contributed by atoms with Gasteiger partial charge in [-0.1, -0.05) is 6.07 Å². The molecule has 3 nitrogen and oxygen atoms in total. The highest BCUT2D eigenvalue weighted by Gasteiger charge is 2.28. The van der Waals surface area contributed by atoms with Crippen molar-refractivity contribution in [3.8, 4) is 0 Å². The molecule has 1 saturated heterocycles. The number of carbonyl (C=O) groups is 1. The molecule has 0 spiro atoms. The third-order valence-electron chi connectivity index (χ3n) is 2.86. The summed E-state index contributed by atoms with van der Waals surface area (Å²) in [5, 5.41) is 14.1. The van der Waals surface area contributed by atoms with Gasteiger partial charge in [-0.15, -0.1) is 11.3 Å². The third-order valence-corrected chi connectivity index (χ3v) is 3.79. The van der Waals surface area contributed by atoms with Crippen molar-refractivity contribution < 1.29 is 9.90 Å². The second-order valence-electron chi connectivity index (χ2n) is 3.95. The molecule has 1 fully saturated rings. The van der Waals surface area contributed by atoms with E-state index >= 15 is 0 Å². The van der Waals surface area contributed by atoms with E-state index in [4.69, 9.17) is 5.11 Å². The summed E-state index contributed by atoms with van der Waals surface area (Å²) in [6.07, 6.45) is 3.86. The summed E-state index contributed by atoms with van der Waals surface area (Å²) in [6, 6.07) is 4.25. The minimum Gasteiger partial charge on any atom is -0.480 e. The monoisotopic (exact) mass is 225 g/mol. The van der Waals surface area contributed by atoms with Gasteiger partial charge in [-0.25, -0.2) is 0 Å². The number of thiophene rings is 1. The van der Waals surface area contributed by atoms with Gasteiger partial charge in [-0.3, -0.25) is 4.79 Å². The summed E-state index contributed by atoms with van der Waals surface area (Å²) >= 11 is 1.77. The zero-order valence-electron chi connectivity index (χ0n) is 8.48. The molecule has 0 aromatic carbocycles. The van der Waals surface area contributed by atoms with Crippen LogP contribution in [0.4, 0.5) is 0 Å². The second kappa shape index (κ2) is 4.77. The van der Waals surface area contributed by atoms with E-state index in [-0.39, 0.29) is 6.04 Å². The number of hydrogen-bond donors (Lipinski definition) is 2. The fourth-order valence-electron chi connectivity index (χ4n) is 2.01. The van der Waals surface area contributed by atoms with Gasteiger partial charge in [0.15, 0.2) is 0 Å². The first-order valence-electron chi connectivity index (χ1n) is 5.27. The van der Waals surface area contributed by atoms with Gasteiger partial charge >= 0.3 is 5.97 Å². The number of carboxylic acids is 1. The van der Waals surface area contributed by atoms with Crippen molar-refractivity contribution in [2.24, 2.45) is 0 Å². The summed E-state index contributed by atoms with van der Waals surface area (Å²) in [5.74, 6) is -0.714. The molecule has 15 heavy (non-hydrogen) atoms. The molecular weight excluding hydrogens is 210 g/mol. The van der Waals surface area contributed by atoms with E-state index in [9.17, 15) is 4.79 Å². The van der Waals surface area contributed by atoms with Crippen molar-refractivity contribution in [1.29, 1.82) is 0 Å². The molecule has 2 N–H and O–H groups in total. The lowest BCUT2D eigenvalue weighted by Crippen LogP contribution is -2.35. The van der Waals surface area contributed by atoms with Gasteiger partial charge in [0.2, 0.25) is 0 Å². The van der Waals surface area contributed by atoms with Crippen LogP contribution in [-0.4, -0.2) is 23.2 Å². The third kappa shape index (κ3) is 2.79. The summed E-state index contributed by atoms with van der Waals surface area (Å²) < 4.78 is 0. The van der Waals surface area contributed by atoms with Crippen LogP contribution in [-0.2, 0) is 11.2 Å². The van der Waals surface area contributed by atoms with E-state index in [1.54, 1.807) is 11.3 Å². The highest BCUT2D eigenvalue weighted by atomic mass is 32.1. The van der Waals surface area contributed by atoms with Crippen molar-refractivity contribution in [2.75, 3.05) is 0 Å². The van der Waals surface area contributed by atoms with E-state index in [0.29, 0.717) is 6.04 Å². The van der Waals surface area contributed by atoms with E-state index < -0.39 is 5.97 Å². The molecular formula is C11H15NO2S. The minimum absolute atomic E-state index is 0.321. The number of nitrogens with one attached hydrogen (secondary N) is 1. The SMILES string of the molecule is O=C(O)C1CCC(CCc2cccs2)N1. The molecule has 2 unspecified atom stereocenters. The Bertz CT molecular complexity index is 323. The van der Waals surface area contributed by atoms with Crippen LogP contribution in [0.25, 0.3) is 0 Å². The van der Waals surface area contributed by atoms with Crippen molar-refractivity contribution in [1.82, 2.24) is 5.32 Å². The van der Waals surface area contributed by atoms with Gasteiger partial charge in [0.1, 0.15) is 6.04 Å². The van der Waals surface area contributed by atoms with Crippen LogP contribution in [0.15, 0.2) is 17.5 Å². The van der Waals surface area contributed by atoms with Crippen LogP contribution < -0.4 is 5.32 Å². The van der Waals surface area contributed by atoms with E-state index in [1.807, 2.05) is 0 Å². The van der Waals surface area contributed by atoms with E-state index in [2.05, 4.69) is 22.8 Å². The normalized spacial score (nSPS) is 25.6. The molecule has 2 rings (SSSR count). The largest absolute Gasteiger partial charge is 0.480 e. The summed E-state index contributed by atoms with van der Waals surface area (Å²) in [5.41, 5.74) is 0. The van der Waals surface area contributed by atoms with E-state index in [1.165, 1.54) is 4.88 Å². The molecule has 0 amide bonds. The molecule has 1 aromatic rings. The number of rotatable bonds is 4. The molecule has 1 aliphatic rings. The lowest BCUT2D eigenvalue weighted by Gasteiger charge is -2.10. The summed E-state index contributed by atoms with van der Waals surface area (Å²) in [4.78, 5) is 12.1. The zero-order valence-corrected chi connectivity index (χ0v) is 9.30. The molecule has 2 heterocycles. The van der Waals surface area contributed by atoms with Gasteiger partial charge < -0.3 is 10.4 Å². The highest BCUT2D eigenvalue weighted by Crippen LogP contribution is 2.19. The lowest BCUT2D eigenvalue weighted by molar-refractivity contribution is -0.139. The van der Waals surface area contributed by atoms with Crippen LogP contribution in [0.1, 0.15) is 24.1 Å². The quantitative estimate of drug-likeness (QED) is 0.822. The Morgan fingerprint density at radius 1 is 1.60 bits per heavy atom. The Balaban J connectivity index is 1.75. The van der Waals surface area contributed by atoms with Crippen LogP contribution in [0, 0.1) is 0 Å². The Labute approximate surface area is 93.1 Å². The highest BCUT2D eigenvalue weighted by molar-refractivity contribution is 7.09. The van der Waals surface area contributed by atoms with Gasteiger partial charge in [-0.05, 0) is 37.1 Å². The zero-order chi connectivity index (χ0) is 10.7. The number of aryl methyl sites for hydroxylation is 1. The first kappa shape index (κ1) is 10.6. The second-order valence-corrected chi connectivity index (χ2v) is 4.98. The van der Waals surface area contributed by atoms with Crippen molar-refractivity contribution >= 4 is 17.3 Å². The Morgan fingerprint density at radius 3 is 3.07 bits per heavy atom. The van der Waals surface area contributed by atoms with Crippen molar-refractivity contribution in [3.05, 3.63) is 22.4 Å². The average Bonchev–Trinajstić information content (AvgIpc) is 2.86. The van der Waals surface area contributed by atoms with Crippen LogP contribution in [0.5, 0.6) is 0 Å². The molecule has 82 valence electrons. The Morgan fingerprint density at radius 2 is 2.47 bits per heavy atom. The molecule has 1 aliphatic heterocycles. The van der Waals surface area contributed by atoms with Crippen molar-refractivity contribution in [2.45, 2.75) is 37.8 Å². The first-order valence-corrected chi connectivity index (χ1v) is 6.15. The Kier molecular flexibility index (Phi) is 3.38. The predicted octanol–water partition coefficient (Wildman–Crippen LogP) is 1.89. The topological polar surface area (TPSA) is 49.3 Å². The summed E-state index contributed by atoms with van der Waals surface area (Å²) in [7, 11) is 0. The van der Waals surface area contributed by atoms with Crippen LogP contribution >= 0.6 is 11.3 Å². The molecule has 2 atom stereocenters. The van der Waals surface area contributed by atoms with Gasteiger partial charge in [0.25, 0.3) is 0 Å². The maximum atomic E-state index is 10.7. The fraction of sp³-hybridized carbons (Fsp3) is 0.545. The number of aliphatic carboxylic acids is 1. The molecule has 0 bridgehead atoms. The molecule has 0 saturated carbocycles. The molecule has 0 radical (unpaired) electrons. The van der Waals surface area contributed by atoms with E-state index in [0.717, 1.165) is 25.7 Å². The average molecular weight is 225 g/mol. The van der Waals surface area contributed by atoms with Crippen LogP contribution in [0.2, 0.25) is 0 Å². The molecule has 0 aliphatic carbocycles. The minimum atomic E-state index is -0.714. The Hall–Kier alpha value is -0.870. The maximum Gasteiger partial charge on any atom is 0.320 e. The molecule has 4 heteroatoms. The van der Waals surface area contributed by atoms with Crippen molar-refractivity contribution in [3.63, 3.8) is 0 Å². The maximum absolute atomic E-state index is 10.7.